The topological polar surface area (TPSA) is 48.6 Å². The predicted octanol–water partition coefficient (Wildman–Crippen LogP) is 4.63. The Bertz CT molecular complexity index is 1250. The third-order valence-electron chi connectivity index (χ3n) is 7.85. The van der Waals surface area contributed by atoms with E-state index in [0.29, 0.717) is 12.1 Å². The maximum absolute atomic E-state index is 13.6. The van der Waals surface area contributed by atoms with Crippen molar-refractivity contribution in [3.8, 4) is 5.75 Å². The number of rotatable bonds is 4. The maximum atomic E-state index is 13.6. The van der Waals surface area contributed by atoms with Crippen molar-refractivity contribution in [2.75, 3.05) is 13.7 Å². The number of fused-ring (bicyclic) bond motifs is 2. The molecule has 1 saturated heterocycles. The molecule has 4 atom stereocenters. The third kappa shape index (κ3) is 3.29. The minimum Gasteiger partial charge on any atom is -0.497 e. The van der Waals surface area contributed by atoms with E-state index in [2.05, 4.69) is 71.2 Å². The zero-order valence-corrected chi connectivity index (χ0v) is 19.5. The van der Waals surface area contributed by atoms with Crippen molar-refractivity contribution in [3.63, 3.8) is 0 Å². The molecule has 3 aliphatic rings. The van der Waals surface area contributed by atoms with E-state index in [1.54, 1.807) is 7.11 Å². The summed E-state index contributed by atoms with van der Waals surface area (Å²) in [6.07, 6.45) is 6.51. The van der Waals surface area contributed by atoms with Gasteiger partial charge in [-0.15, -0.1) is 0 Å². The van der Waals surface area contributed by atoms with Crippen LogP contribution in [0.4, 0.5) is 0 Å². The minimum absolute atomic E-state index is 0.122. The Hall–Kier alpha value is -3.05. The second-order valence-electron chi connectivity index (χ2n) is 9.95. The van der Waals surface area contributed by atoms with Gasteiger partial charge in [-0.05, 0) is 67.2 Å². The van der Waals surface area contributed by atoms with Gasteiger partial charge in [0.2, 0.25) is 5.91 Å². The lowest BCUT2D eigenvalue weighted by atomic mass is 9.78. The van der Waals surface area contributed by atoms with E-state index in [4.69, 9.17) is 4.74 Å². The summed E-state index contributed by atoms with van der Waals surface area (Å²) in [5.74, 6) is 1.02. The quantitative estimate of drug-likeness (QED) is 0.642. The number of nitrogens with one attached hydrogen (secondary N) is 1. The first-order chi connectivity index (χ1) is 16.0. The smallest absolute Gasteiger partial charge is 0.231 e. The zero-order valence-electron chi connectivity index (χ0n) is 19.5. The Morgan fingerprint density at radius 3 is 2.76 bits per heavy atom. The summed E-state index contributed by atoms with van der Waals surface area (Å²) in [6, 6.07) is 15.7. The van der Waals surface area contributed by atoms with Crippen molar-refractivity contribution >= 4 is 22.4 Å². The highest BCUT2D eigenvalue weighted by atomic mass is 16.5. The third-order valence-corrected chi connectivity index (χ3v) is 7.85. The fourth-order valence-electron chi connectivity index (χ4n) is 6.30. The molecule has 0 spiro atoms. The molecule has 6 rings (SSSR count). The van der Waals surface area contributed by atoms with E-state index in [1.807, 2.05) is 12.1 Å². The van der Waals surface area contributed by atoms with Crippen molar-refractivity contribution in [1.82, 2.24) is 14.8 Å². The van der Waals surface area contributed by atoms with Gasteiger partial charge in [-0.1, -0.05) is 30.3 Å². The summed E-state index contributed by atoms with van der Waals surface area (Å²) in [5.41, 5.74) is 6.34. The molecule has 1 fully saturated rings. The van der Waals surface area contributed by atoms with Gasteiger partial charge in [-0.3, -0.25) is 9.69 Å². The summed E-state index contributed by atoms with van der Waals surface area (Å²) in [7, 11) is 1.71. The molecule has 1 N–H and O–H groups in total. The summed E-state index contributed by atoms with van der Waals surface area (Å²) < 4.78 is 5.47. The molecule has 1 amide bonds. The van der Waals surface area contributed by atoms with Gasteiger partial charge in [0.1, 0.15) is 5.75 Å². The van der Waals surface area contributed by atoms with Crippen molar-refractivity contribution in [3.05, 3.63) is 71.4 Å². The molecule has 2 aliphatic heterocycles. The van der Waals surface area contributed by atoms with Crippen LogP contribution in [0.3, 0.4) is 0 Å². The van der Waals surface area contributed by atoms with E-state index in [0.717, 1.165) is 31.7 Å². The number of H-pyrrole nitrogens is 1. The molecular formula is C28H31N3O2. The first-order valence-corrected chi connectivity index (χ1v) is 12.0. The molecule has 0 bridgehead atoms. The fourth-order valence-corrected chi connectivity index (χ4v) is 6.30. The second kappa shape index (κ2) is 7.77. The number of ether oxygens (including phenoxy) is 1. The standard InChI is InChI=1S/C28H31N3O2/c1-17-10-18(2)31(17)28(32)21-12-24-23-8-5-9-25-27(23)20(14-29-25)13-26(24)30(16-21)15-19-6-4-7-22(11-19)33-3/h4-9,11-12,14,17-18,21,26,29H,10,13,15-16H2,1-3H3/t17-,18-,21+,26?/m0/s1. The number of aromatic nitrogens is 1. The molecule has 1 aliphatic carbocycles. The number of carbonyl (C=O) groups excluding carboxylic acids is 1. The SMILES string of the molecule is COc1cccc(CN2C[C@H](C(=O)N3[C@@H](C)C[C@@H]3C)C=C3c4cccc5[nH]cc(c45)CC32)c1. The van der Waals surface area contributed by atoms with E-state index in [1.165, 1.54) is 33.2 Å². The molecular weight excluding hydrogens is 410 g/mol. The summed E-state index contributed by atoms with van der Waals surface area (Å²) in [4.78, 5) is 21.7. The summed E-state index contributed by atoms with van der Waals surface area (Å²) in [5, 5.41) is 1.32. The molecule has 5 heteroatoms. The van der Waals surface area contributed by atoms with Crippen LogP contribution in [0.2, 0.25) is 0 Å². The Morgan fingerprint density at radius 2 is 1.97 bits per heavy atom. The number of hydrogen-bond donors (Lipinski definition) is 1. The van der Waals surface area contributed by atoms with Crippen LogP contribution in [0.1, 0.15) is 37.0 Å². The van der Waals surface area contributed by atoms with Crippen LogP contribution < -0.4 is 4.74 Å². The molecule has 1 unspecified atom stereocenters. The van der Waals surface area contributed by atoms with E-state index >= 15 is 0 Å². The second-order valence-corrected chi connectivity index (χ2v) is 9.95. The highest BCUT2D eigenvalue weighted by molar-refractivity contribution is 5.99. The van der Waals surface area contributed by atoms with Gasteiger partial charge in [0.25, 0.3) is 0 Å². The Morgan fingerprint density at radius 1 is 1.15 bits per heavy atom. The maximum Gasteiger partial charge on any atom is 0.231 e. The van der Waals surface area contributed by atoms with Crippen LogP contribution in [-0.2, 0) is 17.8 Å². The molecule has 0 radical (unpaired) electrons. The number of carbonyl (C=O) groups is 1. The molecule has 33 heavy (non-hydrogen) atoms. The molecule has 1 aromatic heterocycles. The average molecular weight is 442 g/mol. The van der Waals surface area contributed by atoms with Crippen LogP contribution in [-0.4, -0.2) is 52.5 Å². The normalized spacial score (nSPS) is 26.5. The molecule has 5 nitrogen and oxygen atoms in total. The Labute approximate surface area is 195 Å². The van der Waals surface area contributed by atoms with Crippen molar-refractivity contribution < 1.29 is 9.53 Å². The number of likely N-dealkylation sites (tertiary alicyclic amines) is 1. The number of nitrogens with zero attached hydrogens (tertiary/aromatic N) is 2. The fraction of sp³-hybridized carbons (Fsp3) is 0.393. The molecule has 170 valence electrons. The number of benzene rings is 2. The summed E-state index contributed by atoms with van der Waals surface area (Å²) >= 11 is 0. The highest BCUT2D eigenvalue weighted by Gasteiger charge is 2.42. The molecule has 2 aromatic carbocycles. The van der Waals surface area contributed by atoms with Crippen LogP contribution in [0.15, 0.2) is 54.7 Å². The first kappa shape index (κ1) is 20.5. The monoisotopic (exact) mass is 441 g/mol. The average Bonchev–Trinajstić information content (AvgIpc) is 3.23. The van der Waals surface area contributed by atoms with Gasteiger partial charge < -0.3 is 14.6 Å². The van der Waals surface area contributed by atoms with E-state index < -0.39 is 0 Å². The van der Waals surface area contributed by atoms with Gasteiger partial charge in [0, 0.05) is 48.3 Å². The van der Waals surface area contributed by atoms with Gasteiger partial charge in [0.15, 0.2) is 0 Å². The van der Waals surface area contributed by atoms with Crippen LogP contribution in [0, 0.1) is 5.92 Å². The van der Waals surface area contributed by atoms with Crippen molar-refractivity contribution in [2.45, 2.75) is 51.4 Å². The van der Waals surface area contributed by atoms with Crippen LogP contribution in [0.25, 0.3) is 16.5 Å². The van der Waals surface area contributed by atoms with Gasteiger partial charge in [0.05, 0.1) is 13.0 Å². The van der Waals surface area contributed by atoms with Crippen molar-refractivity contribution in [2.24, 2.45) is 5.92 Å². The van der Waals surface area contributed by atoms with Crippen LogP contribution >= 0.6 is 0 Å². The minimum atomic E-state index is -0.122. The number of amides is 1. The van der Waals surface area contributed by atoms with E-state index in [-0.39, 0.29) is 17.9 Å². The predicted molar refractivity (Wildman–Crippen MR) is 131 cm³/mol. The Balaban J connectivity index is 1.41. The Kier molecular flexibility index (Phi) is 4.84. The molecule has 3 aromatic rings. The van der Waals surface area contributed by atoms with Crippen molar-refractivity contribution in [1.29, 1.82) is 0 Å². The number of methoxy groups -OCH3 is 1. The van der Waals surface area contributed by atoms with Gasteiger partial charge in [-0.25, -0.2) is 0 Å². The first-order valence-electron chi connectivity index (χ1n) is 12.0. The lowest BCUT2D eigenvalue weighted by Crippen LogP contribution is -2.59. The van der Waals surface area contributed by atoms with Gasteiger partial charge >= 0.3 is 0 Å². The highest BCUT2D eigenvalue weighted by Crippen LogP contribution is 2.42. The van der Waals surface area contributed by atoms with Gasteiger partial charge in [-0.2, -0.15) is 0 Å². The number of hydrogen-bond acceptors (Lipinski definition) is 3. The largest absolute Gasteiger partial charge is 0.497 e. The van der Waals surface area contributed by atoms with E-state index in [9.17, 15) is 4.79 Å². The number of aromatic amines is 1. The zero-order chi connectivity index (χ0) is 22.7. The van der Waals surface area contributed by atoms with Crippen LogP contribution in [0.5, 0.6) is 5.75 Å². The molecule has 0 saturated carbocycles. The molecule has 3 heterocycles. The summed E-state index contributed by atoms with van der Waals surface area (Å²) in [6.45, 7) is 5.87. The lowest BCUT2D eigenvalue weighted by molar-refractivity contribution is -0.146. The lowest BCUT2D eigenvalue weighted by Gasteiger charge is -2.49.